The number of benzene rings is 11. The summed E-state index contributed by atoms with van der Waals surface area (Å²) in [6.45, 7) is 0. The highest BCUT2D eigenvalue weighted by Gasteiger charge is 2.42. The van der Waals surface area contributed by atoms with Gasteiger partial charge in [0.1, 0.15) is 68.7 Å². The number of furan rings is 4. The molecule has 4 unspecified atom stereocenters. The maximum Gasteiger partial charge on any atom is 0.136 e. The first-order valence-corrected chi connectivity index (χ1v) is 28.8. The smallest absolute Gasteiger partial charge is 0.136 e. The summed E-state index contributed by atoms with van der Waals surface area (Å²) >= 11 is 0. The monoisotopic (exact) mass is 1080 g/mol. The van der Waals surface area contributed by atoms with Crippen LogP contribution in [-0.4, -0.2) is 12.2 Å². The van der Waals surface area contributed by atoms with Crippen molar-refractivity contribution in [2.75, 3.05) is 0 Å². The fourth-order valence-corrected chi connectivity index (χ4v) is 14.3. The van der Waals surface area contributed by atoms with Crippen LogP contribution in [0.25, 0.3) is 145 Å². The predicted octanol–water partition coefficient (Wildman–Crippen LogP) is 20.8. The summed E-state index contributed by atoms with van der Waals surface area (Å²) in [5, 5.41) is 6.37. The third kappa shape index (κ3) is 6.85. The van der Waals surface area contributed by atoms with Crippen molar-refractivity contribution < 1.29 is 27.1 Å². The molecule has 2 aliphatic carbocycles. The molecule has 0 saturated carbocycles. The Bertz CT molecular complexity index is 5340. The molecule has 0 saturated heterocycles. The van der Waals surface area contributed by atoms with Crippen molar-refractivity contribution in [2.45, 2.75) is 24.0 Å². The standard InChI is InChI=1S/C78H46O6/c1-4-10-43(11-5-1)46-17-23-61-56(37-46)75-68(80-61)30-32-70-77(75)59-40-49(20-26-64(59)82-70)53-34-52(48-19-25-63-58(39-48)74-67(79-63)29-28-66-73(74)55-22-16-51(42-72(55)84-66)45-14-8-3-9-15-45)35-54(36-53)50-21-27-65-60(41-50)78-71(83-65)33-31-69-76(78)57-38-47(18-24-62(57)81-69)44-12-6-2-7-13-44/h1-42,68,71,75,78H. The second-order valence-corrected chi connectivity index (χ2v) is 22.9. The molecule has 4 aromatic heterocycles. The van der Waals surface area contributed by atoms with Gasteiger partial charge in [0.05, 0.1) is 11.8 Å². The second kappa shape index (κ2) is 17.4. The van der Waals surface area contributed by atoms with Crippen molar-refractivity contribution in [3.05, 3.63) is 276 Å². The molecule has 84 heavy (non-hydrogen) atoms. The Balaban J connectivity index is 0.781. The van der Waals surface area contributed by atoms with Gasteiger partial charge in [-0.15, -0.1) is 0 Å². The van der Waals surface area contributed by atoms with E-state index >= 15 is 0 Å². The molecule has 0 amide bonds. The van der Waals surface area contributed by atoms with Crippen LogP contribution in [0.4, 0.5) is 0 Å². The Morgan fingerprint density at radius 1 is 0.250 bits per heavy atom. The minimum Gasteiger partial charge on any atom is -0.485 e. The van der Waals surface area contributed by atoms with Crippen LogP contribution in [0.2, 0.25) is 0 Å². The quantitative estimate of drug-likeness (QED) is 0.165. The normalized spacial score (nSPS) is 17.1. The predicted molar refractivity (Wildman–Crippen MR) is 337 cm³/mol. The molecule has 2 aliphatic heterocycles. The van der Waals surface area contributed by atoms with Gasteiger partial charge in [0.2, 0.25) is 0 Å². The van der Waals surface area contributed by atoms with Crippen molar-refractivity contribution in [1.29, 1.82) is 0 Å². The molecule has 6 nitrogen and oxygen atoms in total. The second-order valence-electron chi connectivity index (χ2n) is 22.9. The molecule has 19 rings (SSSR count). The van der Waals surface area contributed by atoms with Crippen LogP contribution in [0.5, 0.6) is 11.5 Å². The summed E-state index contributed by atoms with van der Waals surface area (Å²) in [6.07, 6.45) is 8.18. The summed E-state index contributed by atoms with van der Waals surface area (Å²) in [4.78, 5) is 0. The van der Waals surface area contributed by atoms with E-state index < -0.39 is 0 Å². The lowest BCUT2D eigenvalue weighted by Gasteiger charge is -2.20. The molecule has 4 aliphatic rings. The van der Waals surface area contributed by atoms with E-state index in [1.54, 1.807) is 0 Å². The summed E-state index contributed by atoms with van der Waals surface area (Å²) < 4.78 is 40.2. The van der Waals surface area contributed by atoms with Gasteiger partial charge in [-0.1, -0.05) is 127 Å². The van der Waals surface area contributed by atoms with Crippen molar-refractivity contribution in [3.63, 3.8) is 0 Å². The molecule has 0 fully saturated rings. The van der Waals surface area contributed by atoms with Crippen LogP contribution < -0.4 is 9.47 Å². The van der Waals surface area contributed by atoms with Crippen LogP contribution >= 0.6 is 0 Å². The van der Waals surface area contributed by atoms with Gasteiger partial charge in [-0.05, 0) is 194 Å². The Hall–Kier alpha value is -10.8. The number of ether oxygens (including phenoxy) is 2. The molecule has 4 atom stereocenters. The number of hydrogen-bond acceptors (Lipinski definition) is 6. The van der Waals surface area contributed by atoms with E-state index in [2.05, 4.69) is 237 Å². The Labute approximate surface area is 481 Å². The Morgan fingerprint density at radius 3 is 1.14 bits per heavy atom. The largest absolute Gasteiger partial charge is 0.485 e. The maximum atomic E-state index is 6.82. The summed E-state index contributed by atoms with van der Waals surface area (Å²) in [5.74, 6) is 3.46. The zero-order valence-electron chi connectivity index (χ0n) is 45.0. The zero-order valence-corrected chi connectivity index (χ0v) is 45.0. The van der Waals surface area contributed by atoms with Crippen LogP contribution in [0, 0.1) is 0 Å². The van der Waals surface area contributed by atoms with Crippen LogP contribution in [0.1, 0.15) is 45.6 Å². The van der Waals surface area contributed by atoms with Gasteiger partial charge in [0.25, 0.3) is 0 Å². The topological polar surface area (TPSA) is 71.0 Å². The van der Waals surface area contributed by atoms with Crippen LogP contribution in [-0.2, 0) is 0 Å². The molecule has 0 bridgehead atoms. The number of rotatable bonds is 6. The van der Waals surface area contributed by atoms with Gasteiger partial charge in [-0.25, -0.2) is 0 Å². The lowest BCUT2D eigenvalue weighted by atomic mass is 9.81. The number of fused-ring (bicyclic) bond motifs is 21. The SMILES string of the molecule is C1=CC2Oc3ccc(-c4cc(-c5ccc6oc7c(c6c5)C5c6cc(-c8ccccc8)ccc6OC5C=C7)cc(-c5ccc6oc7ccc8oc9cc(-c%10ccccc%10)ccc9c8c7c6c5)c4)cc3C2c2c1oc1ccc(-c3ccccc3)cc21. The average Bonchev–Trinajstić information content (AvgIpc) is 2.13. The van der Waals surface area contributed by atoms with Crippen LogP contribution in [0.15, 0.2) is 260 Å². The molecule has 0 N–H and O–H groups in total. The summed E-state index contributed by atoms with van der Waals surface area (Å²) in [7, 11) is 0. The molecule has 0 spiro atoms. The van der Waals surface area contributed by atoms with Crippen LogP contribution in [0.3, 0.4) is 0 Å². The lowest BCUT2D eigenvalue weighted by Crippen LogP contribution is -2.19. The molecule has 6 heterocycles. The van der Waals surface area contributed by atoms with E-state index in [-0.39, 0.29) is 24.0 Å². The van der Waals surface area contributed by atoms with Gasteiger partial charge in [-0.2, -0.15) is 0 Å². The fourth-order valence-electron chi connectivity index (χ4n) is 14.3. The van der Waals surface area contributed by atoms with E-state index in [0.29, 0.717) is 0 Å². The highest BCUT2D eigenvalue weighted by molar-refractivity contribution is 6.26. The van der Waals surface area contributed by atoms with E-state index in [1.165, 1.54) is 22.3 Å². The molecule has 394 valence electrons. The van der Waals surface area contributed by atoms with Crippen molar-refractivity contribution in [3.8, 4) is 78.3 Å². The molecular formula is C78H46O6. The number of hydrogen-bond donors (Lipinski definition) is 0. The van der Waals surface area contributed by atoms with Crippen molar-refractivity contribution in [2.24, 2.45) is 0 Å². The Kier molecular flexibility index (Phi) is 9.47. The highest BCUT2D eigenvalue weighted by Crippen LogP contribution is 2.54. The third-order valence-corrected chi connectivity index (χ3v) is 18.2. The van der Waals surface area contributed by atoms with E-state index in [1.807, 2.05) is 18.2 Å². The van der Waals surface area contributed by atoms with E-state index in [4.69, 9.17) is 27.1 Å². The fraction of sp³-hybridized carbons (Fsp3) is 0.0513. The van der Waals surface area contributed by atoms with Gasteiger partial charge in [0, 0.05) is 54.6 Å². The Morgan fingerprint density at radius 2 is 0.631 bits per heavy atom. The van der Waals surface area contributed by atoms with Gasteiger partial charge in [0.15, 0.2) is 0 Å². The van der Waals surface area contributed by atoms with Crippen molar-refractivity contribution in [1.82, 2.24) is 0 Å². The van der Waals surface area contributed by atoms with Gasteiger partial charge < -0.3 is 27.1 Å². The summed E-state index contributed by atoms with van der Waals surface area (Å²) in [5.41, 5.74) is 23.1. The molecule has 15 aromatic rings. The first-order chi connectivity index (χ1) is 41.5. The third-order valence-electron chi connectivity index (χ3n) is 18.2. The minimum absolute atomic E-state index is 0.0341. The minimum atomic E-state index is -0.170. The van der Waals surface area contributed by atoms with Gasteiger partial charge in [-0.3, -0.25) is 0 Å². The molecule has 0 radical (unpaired) electrons. The zero-order chi connectivity index (χ0) is 54.7. The molecule has 6 heteroatoms. The highest BCUT2D eigenvalue weighted by atomic mass is 16.5. The first kappa shape index (κ1) is 45.9. The van der Waals surface area contributed by atoms with E-state index in [9.17, 15) is 0 Å². The summed E-state index contributed by atoms with van der Waals surface area (Å²) in [6, 6.07) is 82.4. The van der Waals surface area contributed by atoms with E-state index in [0.717, 1.165) is 156 Å². The average molecular weight is 1080 g/mol. The maximum absolute atomic E-state index is 6.82. The van der Waals surface area contributed by atoms with Crippen molar-refractivity contribution >= 4 is 78.0 Å². The molecule has 11 aromatic carbocycles. The van der Waals surface area contributed by atoms with Gasteiger partial charge >= 0.3 is 0 Å². The molecular weight excluding hydrogens is 1030 g/mol. The first-order valence-electron chi connectivity index (χ1n) is 28.8. The lowest BCUT2D eigenvalue weighted by molar-refractivity contribution is 0.266.